The van der Waals surface area contributed by atoms with Crippen LogP contribution in [0.15, 0.2) is 40.8 Å². The molecule has 0 aromatic heterocycles. The zero-order chi connectivity index (χ0) is 7.94. The number of nitrogens with two attached hydrogens (primary N) is 1. The fourth-order valence-electron chi connectivity index (χ4n) is 0.763. The maximum Gasteiger partial charge on any atom is 0.0597 e. The molecule has 11 heavy (non-hydrogen) atoms. The molecule has 4 nitrogen and oxygen atoms in total. The Labute approximate surface area is 65.1 Å². The normalized spacial score (nSPS) is 10.2. The molecule has 0 aliphatic rings. The van der Waals surface area contributed by atoms with Crippen molar-refractivity contribution in [3.05, 3.63) is 35.9 Å². The maximum atomic E-state index is 4.79. The summed E-state index contributed by atoms with van der Waals surface area (Å²) in [5.41, 5.74) is 3.84. The van der Waals surface area contributed by atoms with Gasteiger partial charge >= 0.3 is 0 Å². The summed E-state index contributed by atoms with van der Waals surface area (Å²) in [4.78, 5) is 0. The molecule has 0 heterocycles. The van der Waals surface area contributed by atoms with Crippen LogP contribution in [0, 0.1) is 0 Å². The van der Waals surface area contributed by atoms with Gasteiger partial charge in [-0.15, -0.1) is 0 Å². The molecular formula is C7H10N4. The fraction of sp³-hybridized carbons (Fsp3) is 0.143. The largest absolute Gasteiger partial charge is 0.303 e. The summed E-state index contributed by atoms with van der Waals surface area (Å²) < 4.78 is 0. The number of nitrogens with zero attached hydrogens (tertiary/aromatic N) is 2. The van der Waals surface area contributed by atoms with Gasteiger partial charge < -0.3 is 5.84 Å². The average Bonchev–Trinajstić information content (AvgIpc) is 2.07. The second-order valence-corrected chi connectivity index (χ2v) is 2.04. The second kappa shape index (κ2) is 4.27. The van der Waals surface area contributed by atoms with Crippen molar-refractivity contribution in [1.29, 1.82) is 0 Å². The summed E-state index contributed by atoms with van der Waals surface area (Å²) in [6.07, 6.45) is 0. The van der Waals surface area contributed by atoms with Gasteiger partial charge in [-0.05, 0) is 5.56 Å². The van der Waals surface area contributed by atoms with Gasteiger partial charge in [0.1, 0.15) is 0 Å². The number of hydrogen-bond acceptors (Lipinski definition) is 2. The highest BCUT2D eigenvalue weighted by Crippen LogP contribution is 1.96. The maximum absolute atomic E-state index is 4.79. The van der Waals surface area contributed by atoms with Gasteiger partial charge in [-0.1, -0.05) is 40.8 Å². The van der Waals surface area contributed by atoms with E-state index in [2.05, 4.69) is 15.9 Å². The van der Waals surface area contributed by atoms with E-state index in [1.54, 1.807) is 0 Å². The third-order valence-corrected chi connectivity index (χ3v) is 1.25. The number of benzene rings is 1. The van der Waals surface area contributed by atoms with E-state index in [1.165, 1.54) is 0 Å². The Morgan fingerprint density at radius 3 is 2.64 bits per heavy atom. The highest BCUT2D eigenvalue weighted by atomic mass is 15.5. The third-order valence-electron chi connectivity index (χ3n) is 1.25. The Morgan fingerprint density at radius 2 is 2.00 bits per heavy atom. The van der Waals surface area contributed by atoms with Crippen molar-refractivity contribution in [1.82, 2.24) is 5.43 Å². The first-order valence-corrected chi connectivity index (χ1v) is 3.30. The molecule has 0 fully saturated rings. The van der Waals surface area contributed by atoms with Crippen LogP contribution in [-0.2, 0) is 6.54 Å². The van der Waals surface area contributed by atoms with Crippen molar-refractivity contribution in [2.24, 2.45) is 16.3 Å². The summed E-state index contributed by atoms with van der Waals surface area (Å²) in [7, 11) is 0. The lowest BCUT2D eigenvalue weighted by Gasteiger charge is -1.96. The molecule has 0 atom stereocenters. The molecule has 0 aliphatic heterocycles. The minimum atomic E-state index is 0.654. The molecular weight excluding hydrogens is 140 g/mol. The lowest BCUT2D eigenvalue weighted by Crippen LogP contribution is -2.04. The molecule has 4 heteroatoms. The fourth-order valence-corrected chi connectivity index (χ4v) is 0.763. The van der Waals surface area contributed by atoms with Crippen molar-refractivity contribution in [2.75, 3.05) is 0 Å². The smallest absolute Gasteiger partial charge is 0.0597 e. The van der Waals surface area contributed by atoms with Crippen LogP contribution in [0.4, 0.5) is 0 Å². The van der Waals surface area contributed by atoms with Gasteiger partial charge in [0, 0.05) is 0 Å². The number of nitrogens with one attached hydrogen (secondary N) is 1. The van der Waals surface area contributed by atoms with Gasteiger partial charge in [-0.3, -0.25) is 5.43 Å². The topological polar surface area (TPSA) is 62.8 Å². The van der Waals surface area contributed by atoms with Crippen molar-refractivity contribution in [2.45, 2.75) is 6.54 Å². The van der Waals surface area contributed by atoms with Gasteiger partial charge in [0.15, 0.2) is 0 Å². The van der Waals surface area contributed by atoms with Crippen LogP contribution in [0.1, 0.15) is 5.56 Å². The molecule has 1 aromatic rings. The second-order valence-electron chi connectivity index (χ2n) is 2.04. The molecule has 0 aliphatic carbocycles. The monoisotopic (exact) mass is 150 g/mol. The van der Waals surface area contributed by atoms with E-state index >= 15 is 0 Å². The first-order chi connectivity index (χ1) is 5.43. The van der Waals surface area contributed by atoms with Crippen LogP contribution < -0.4 is 11.3 Å². The van der Waals surface area contributed by atoms with Crippen LogP contribution in [0.3, 0.4) is 0 Å². The van der Waals surface area contributed by atoms with Crippen LogP contribution >= 0.6 is 0 Å². The molecule has 0 spiro atoms. The first kappa shape index (κ1) is 7.53. The zero-order valence-electron chi connectivity index (χ0n) is 6.07. The van der Waals surface area contributed by atoms with Crippen molar-refractivity contribution < 1.29 is 0 Å². The summed E-state index contributed by atoms with van der Waals surface area (Å²) in [5.74, 6) is 4.79. The molecule has 0 unspecified atom stereocenters. The SMILES string of the molecule is NN=NNCc1ccccc1. The Bertz CT molecular complexity index is 219. The highest BCUT2D eigenvalue weighted by Gasteiger charge is 1.85. The summed E-state index contributed by atoms with van der Waals surface area (Å²) in [5, 5.41) is 6.48. The van der Waals surface area contributed by atoms with Gasteiger partial charge in [0.2, 0.25) is 0 Å². The van der Waals surface area contributed by atoms with E-state index in [9.17, 15) is 0 Å². The first-order valence-electron chi connectivity index (χ1n) is 3.30. The van der Waals surface area contributed by atoms with Crippen LogP contribution in [0.2, 0.25) is 0 Å². The Balaban J connectivity index is 2.39. The molecule has 1 aromatic carbocycles. The molecule has 1 rings (SSSR count). The zero-order valence-corrected chi connectivity index (χ0v) is 6.07. The molecule has 0 saturated heterocycles. The van der Waals surface area contributed by atoms with E-state index in [1.807, 2.05) is 30.3 Å². The van der Waals surface area contributed by atoms with E-state index in [4.69, 9.17) is 5.84 Å². The molecule has 58 valence electrons. The lowest BCUT2D eigenvalue weighted by molar-refractivity contribution is 0.678. The van der Waals surface area contributed by atoms with Crippen molar-refractivity contribution in [3.8, 4) is 0 Å². The molecule has 3 N–H and O–H groups in total. The minimum absolute atomic E-state index is 0.654. The summed E-state index contributed by atoms with van der Waals surface area (Å²) in [6, 6.07) is 9.90. The van der Waals surface area contributed by atoms with Gasteiger partial charge in [0.25, 0.3) is 0 Å². The predicted octanol–water partition coefficient (Wildman–Crippen LogP) is 1.02. The molecule has 0 radical (unpaired) electrons. The minimum Gasteiger partial charge on any atom is -0.303 e. The Kier molecular flexibility index (Phi) is 2.92. The van der Waals surface area contributed by atoms with E-state index in [0.29, 0.717) is 6.54 Å². The van der Waals surface area contributed by atoms with E-state index in [-0.39, 0.29) is 0 Å². The van der Waals surface area contributed by atoms with E-state index in [0.717, 1.165) is 5.56 Å². The number of hydrogen-bond donors (Lipinski definition) is 2. The Hall–Kier alpha value is -1.58. The van der Waals surface area contributed by atoms with Crippen LogP contribution in [0.25, 0.3) is 0 Å². The van der Waals surface area contributed by atoms with Crippen LogP contribution in [-0.4, -0.2) is 0 Å². The van der Waals surface area contributed by atoms with Crippen molar-refractivity contribution >= 4 is 0 Å². The molecule has 0 saturated carbocycles. The van der Waals surface area contributed by atoms with Gasteiger partial charge in [-0.25, -0.2) is 0 Å². The molecule has 0 amide bonds. The quantitative estimate of drug-likeness (QED) is 0.384. The van der Waals surface area contributed by atoms with Gasteiger partial charge in [-0.2, -0.15) is 0 Å². The highest BCUT2D eigenvalue weighted by molar-refractivity contribution is 5.13. The van der Waals surface area contributed by atoms with E-state index < -0.39 is 0 Å². The standard InChI is InChI=1S/C7H10N4/c8-10-11-9-6-7-4-2-1-3-5-7/h1-5H,6H2,(H2,8,11)(H,9,10). The summed E-state index contributed by atoms with van der Waals surface area (Å²) >= 11 is 0. The Morgan fingerprint density at radius 1 is 1.27 bits per heavy atom. The lowest BCUT2D eigenvalue weighted by atomic mass is 10.2. The summed E-state index contributed by atoms with van der Waals surface area (Å²) in [6.45, 7) is 0.654. The predicted molar refractivity (Wildman–Crippen MR) is 42.3 cm³/mol. The third kappa shape index (κ3) is 2.66. The van der Waals surface area contributed by atoms with Gasteiger partial charge in [0.05, 0.1) is 6.54 Å². The number of rotatable bonds is 3. The van der Waals surface area contributed by atoms with Crippen LogP contribution in [0.5, 0.6) is 0 Å². The molecule has 0 bridgehead atoms. The average molecular weight is 150 g/mol. The van der Waals surface area contributed by atoms with Crippen molar-refractivity contribution in [3.63, 3.8) is 0 Å².